The Morgan fingerprint density at radius 1 is 1.26 bits per heavy atom. The standard InChI is InChI=1S/C14H11BrINO2/c1-19-13-5-3-9(16)7-10(13)14(18)8-2-4-11(15)12(17)6-8/h2-7H,17H2,1H3. The van der Waals surface area contributed by atoms with Gasteiger partial charge in [0.15, 0.2) is 5.78 Å². The number of ether oxygens (including phenoxy) is 1. The number of rotatable bonds is 3. The molecular formula is C14H11BrINO2. The Kier molecular flexibility index (Phi) is 4.46. The maximum atomic E-state index is 12.5. The summed E-state index contributed by atoms with van der Waals surface area (Å²) in [5, 5.41) is 0. The molecule has 0 aromatic heterocycles. The molecule has 2 N–H and O–H groups in total. The van der Waals surface area contributed by atoms with Crippen LogP contribution in [0.15, 0.2) is 40.9 Å². The van der Waals surface area contributed by atoms with E-state index in [4.69, 9.17) is 10.5 Å². The average Bonchev–Trinajstić information content (AvgIpc) is 2.41. The zero-order valence-corrected chi connectivity index (χ0v) is 13.9. The molecule has 0 saturated carbocycles. The number of hydrogen-bond acceptors (Lipinski definition) is 3. The van der Waals surface area contributed by atoms with Gasteiger partial charge in [-0.15, -0.1) is 0 Å². The highest BCUT2D eigenvalue weighted by atomic mass is 127. The fourth-order valence-corrected chi connectivity index (χ4v) is 2.44. The van der Waals surface area contributed by atoms with Crippen LogP contribution >= 0.6 is 38.5 Å². The molecule has 19 heavy (non-hydrogen) atoms. The van der Waals surface area contributed by atoms with Crippen molar-refractivity contribution in [2.45, 2.75) is 0 Å². The number of ketones is 1. The van der Waals surface area contributed by atoms with Crippen molar-refractivity contribution in [1.82, 2.24) is 0 Å². The fraction of sp³-hybridized carbons (Fsp3) is 0.0714. The summed E-state index contributed by atoms with van der Waals surface area (Å²) in [6.07, 6.45) is 0. The number of carbonyl (C=O) groups is 1. The van der Waals surface area contributed by atoms with E-state index >= 15 is 0 Å². The van der Waals surface area contributed by atoms with Crippen molar-refractivity contribution < 1.29 is 9.53 Å². The van der Waals surface area contributed by atoms with E-state index in [1.54, 1.807) is 37.4 Å². The molecule has 2 rings (SSSR count). The van der Waals surface area contributed by atoms with Gasteiger partial charge in [0.25, 0.3) is 0 Å². The van der Waals surface area contributed by atoms with Crippen molar-refractivity contribution in [3.05, 3.63) is 55.6 Å². The van der Waals surface area contributed by atoms with Gasteiger partial charge in [-0.1, -0.05) is 0 Å². The van der Waals surface area contributed by atoms with E-state index in [0.29, 0.717) is 22.6 Å². The minimum Gasteiger partial charge on any atom is -0.496 e. The van der Waals surface area contributed by atoms with Crippen molar-refractivity contribution in [2.75, 3.05) is 12.8 Å². The van der Waals surface area contributed by atoms with Crippen LogP contribution in [-0.2, 0) is 0 Å². The predicted molar refractivity (Wildman–Crippen MR) is 87.7 cm³/mol. The molecule has 0 unspecified atom stereocenters. The van der Waals surface area contributed by atoms with Gasteiger partial charge in [-0.05, 0) is 74.9 Å². The number of halogens is 2. The Hall–Kier alpha value is -1.08. The number of nitrogens with two attached hydrogens (primary N) is 1. The second-order valence-electron chi connectivity index (χ2n) is 3.91. The zero-order valence-electron chi connectivity index (χ0n) is 10.1. The molecule has 0 bridgehead atoms. The Morgan fingerprint density at radius 3 is 2.63 bits per heavy atom. The van der Waals surface area contributed by atoms with Crippen LogP contribution in [0.3, 0.4) is 0 Å². The zero-order chi connectivity index (χ0) is 14.0. The topological polar surface area (TPSA) is 52.3 Å². The molecule has 0 saturated heterocycles. The molecule has 2 aromatic rings. The SMILES string of the molecule is COc1ccc(I)cc1C(=O)c1ccc(Br)c(N)c1. The predicted octanol–water partition coefficient (Wildman–Crippen LogP) is 3.88. The summed E-state index contributed by atoms with van der Waals surface area (Å²) >= 11 is 5.48. The maximum absolute atomic E-state index is 12.5. The molecule has 0 aliphatic carbocycles. The van der Waals surface area contributed by atoms with Crippen LogP contribution < -0.4 is 10.5 Å². The lowest BCUT2D eigenvalue weighted by Crippen LogP contribution is -2.05. The molecule has 0 spiro atoms. The molecule has 0 radical (unpaired) electrons. The first-order chi connectivity index (χ1) is 9.02. The quantitative estimate of drug-likeness (QED) is 0.456. The molecule has 98 valence electrons. The van der Waals surface area contributed by atoms with Crippen LogP contribution in [0.2, 0.25) is 0 Å². The number of nitrogen functional groups attached to an aromatic ring is 1. The van der Waals surface area contributed by atoms with Gasteiger partial charge in [0.1, 0.15) is 5.75 Å². The van der Waals surface area contributed by atoms with Crippen molar-refractivity contribution in [2.24, 2.45) is 0 Å². The second-order valence-corrected chi connectivity index (χ2v) is 6.01. The van der Waals surface area contributed by atoms with Crippen molar-refractivity contribution in [3.8, 4) is 5.75 Å². The Balaban J connectivity index is 2.49. The fourth-order valence-electron chi connectivity index (χ4n) is 1.70. The molecule has 0 amide bonds. The normalized spacial score (nSPS) is 10.3. The third-order valence-electron chi connectivity index (χ3n) is 2.66. The van der Waals surface area contributed by atoms with E-state index in [1.807, 2.05) is 6.07 Å². The molecule has 3 nitrogen and oxygen atoms in total. The summed E-state index contributed by atoms with van der Waals surface area (Å²) in [5.74, 6) is 0.460. The summed E-state index contributed by atoms with van der Waals surface area (Å²) in [5.41, 5.74) is 7.42. The van der Waals surface area contributed by atoms with E-state index in [0.717, 1.165) is 8.04 Å². The van der Waals surface area contributed by atoms with E-state index in [-0.39, 0.29) is 5.78 Å². The van der Waals surface area contributed by atoms with Crippen LogP contribution in [0.1, 0.15) is 15.9 Å². The van der Waals surface area contributed by atoms with Crippen LogP contribution in [-0.4, -0.2) is 12.9 Å². The van der Waals surface area contributed by atoms with Gasteiger partial charge in [0.05, 0.1) is 12.7 Å². The van der Waals surface area contributed by atoms with Gasteiger partial charge < -0.3 is 10.5 Å². The molecule has 5 heteroatoms. The number of hydrogen-bond donors (Lipinski definition) is 1. The molecule has 0 aliphatic heterocycles. The molecular weight excluding hydrogens is 421 g/mol. The Labute approximate surface area is 133 Å². The summed E-state index contributed by atoms with van der Waals surface area (Å²) < 4.78 is 6.99. The van der Waals surface area contributed by atoms with Gasteiger partial charge in [-0.3, -0.25) is 4.79 Å². The molecule has 0 atom stereocenters. The lowest BCUT2D eigenvalue weighted by atomic mass is 10.0. The number of anilines is 1. The maximum Gasteiger partial charge on any atom is 0.196 e. The third-order valence-corrected chi connectivity index (χ3v) is 4.06. The number of carbonyl (C=O) groups excluding carboxylic acids is 1. The lowest BCUT2D eigenvalue weighted by molar-refractivity contribution is 0.103. The van der Waals surface area contributed by atoms with Crippen LogP contribution in [0.4, 0.5) is 5.69 Å². The van der Waals surface area contributed by atoms with E-state index in [2.05, 4.69) is 38.5 Å². The van der Waals surface area contributed by atoms with Crippen molar-refractivity contribution >= 4 is 50.0 Å². The van der Waals surface area contributed by atoms with E-state index in [9.17, 15) is 4.79 Å². The highest BCUT2D eigenvalue weighted by molar-refractivity contribution is 14.1. The average molecular weight is 432 g/mol. The first kappa shape index (κ1) is 14.3. The first-order valence-corrected chi connectivity index (χ1v) is 7.33. The molecule has 0 heterocycles. The Bertz CT molecular complexity index is 643. The summed E-state index contributed by atoms with van der Waals surface area (Å²) in [6.45, 7) is 0. The van der Waals surface area contributed by atoms with Gasteiger partial charge >= 0.3 is 0 Å². The van der Waals surface area contributed by atoms with Crippen LogP contribution in [0, 0.1) is 3.57 Å². The Morgan fingerprint density at radius 2 is 2.00 bits per heavy atom. The molecule has 0 fully saturated rings. The van der Waals surface area contributed by atoms with Gasteiger partial charge in [-0.25, -0.2) is 0 Å². The van der Waals surface area contributed by atoms with Gasteiger partial charge in [0.2, 0.25) is 0 Å². The van der Waals surface area contributed by atoms with E-state index in [1.165, 1.54) is 0 Å². The second kappa shape index (κ2) is 5.92. The number of methoxy groups -OCH3 is 1. The van der Waals surface area contributed by atoms with Crippen LogP contribution in [0.25, 0.3) is 0 Å². The smallest absolute Gasteiger partial charge is 0.196 e. The highest BCUT2D eigenvalue weighted by Gasteiger charge is 2.15. The minimum atomic E-state index is -0.102. The summed E-state index contributed by atoms with van der Waals surface area (Å²) in [7, 11) is 1.55. The largest absolute Gasteiger partial charge is 0.496 e. The lowest BCUT2D eigenvalue weighted by Gasteiger charge is -2.09. The minimum absolute atomic E-state index is 0.102. The summed E-state index contributed by atoms with van der Waals surface area (Å²) in [6, 6.07) is 10.7. The monoisotopic (exact) mass is 431 g/mol. The van der Waals surface area contributed by atoms with Gasteiger partial charge in [-0.2, -0.15) is 0 Å². The number of benzene rings is 2. The van der Waals surface area contributed by atoms with Gasteiger partial charge in [0, 0.05) is 19.3 Å². The van der Waals surface area contributed by atoms with Crippen LogP contribution in [0.5, 0.6) is 5.75 Å². The molecule has 2 aromatic carbocycles. The van der Waals surface area contributed by atoms with Crippen molar-refractivity contribution in [3.63, 3.8) is 0 Å². The third kappa shape index (κ3) is 3.09. The summed E-state index contributed by atoms with van der Waals surface area (Å²) in [4.78, 5) is 12.5. The van der Waals surface area contributed by atoms with E-state index < -0.39 is 0 Å². The molecule has 0 aliphatic rings. The highest BCUT2D eigenvalue weighted by Crippen LogP contribution is 2.26. The van der Waals surface area contributed by atoms with Crippen molar-refractivity contribution in [1.29, 1.82) is 0 Å². The first-order valence-electron chi connectivity index (χ1n) is 5.46.